The number of thiophene rings is 1. The molecule has 0 aliphatic carbocycles. The van der Waals surface area contributed by atoms with E-state index in [0.29, 0.717) is 13.1 Å². The fourth-order valence-corrected chi connectivity index (χ4v) is 6.39. The molecule has 2 aromatic rings. The van der Waals surface area contributed by atoms with Gasteiger partial charge in [-0.1, -0.05) is 0 Å². The van der Waals surface area contributed by atoms with E-state index in [4.69, 9.17) is 4.74 Å². The molecule has 0 unspecified atom stereocenters. The highest BCUT2D eigenvalue weighted by molar-refractivity contribution is 7.98. The van der Waals surface area contributed by atoms with Gasteiger partial charge in [-0.05, 0) is 63.5 Å². The minimum absolute atomic E-state index is 0.0422. The van der Waals surface area contributed by atoms with E-state index in [2.05, 4.69) is 9.88 Å². The van der Waals surface area contributed by atoms with Gasteiger partial charge in [0.25, 0.3) is 5.91 Å². The molecule has 2 aliphatic rings. The van der Waals surface area contributed by atoms with E-state index in [0.717, 1.165) is 41.3 Å². The largest absolute Gasteiger partial charge is 0.444 e. The number of piperidine rings is 1. The summed E-state index contributed by atoms with van der Waals surface area (Å²) in [5.41, 5.74) is 1.61. The van der Waals surface area contributed by atoms with Crippen molar-refractivity contribution in [2.24, 2.45) is 0 Å². The highest BCUT2D eigenvalue weighted by Gasteiger charge is 2.32. The van der Waals surface area contributed by atoms with Crippen LogP contribution in [0.15, 0.2) is 24.5 Å². The fraction of sp³-hybridized carbons (Fsp3) is 0.545. The summed E-state index contributed by atoms with van der Waals surface area (Å²) in [6, 6.07) is 4.03. The van der Waals surface area contributed by atoms with Gasteiger partial charge in [-0.3, -0.25) is 4.79 Å². The van der Waals surface area contributed by atoms with Gasteiger partial charge in [-0.15, -0.1) is 11.3 Å². The predicted octanol–water partition coefficient (Wildman–Crippen LogP) is 4.46. The number of nitrogens with one attached hydrogen (secondary N) is 1. The lowest BCUT2D eigenvalue weighted by molar-refractivity contribution is 0.0473. The summed E-state index contributed by atoms with van der Waals surface area (Å²) < 4.78 is 7.43. The van der Waals surface area contributed by atoms with Gasteiger partial charge in [0, 0.05) is 42.2 Å². The molecule has 0 atom stereocenters. The highest BCUT2D eigenvalue weighted by Crippen LogP contribution is 2.39. The number of nitrogens with zero attached hydrogens (tertiary/aromatic N) is 2. The van der Waals surface area contributed by atoms with Crippen molar-refractivity contribution in [3.8, 4) is 5.00 Å². The predicted molar refractivity (Wildman–Crippen MR) is 122 cm³/mol. The maximum Gasteiger partial charge on any atom is 0.407 e. The minimum Gasteiger partial charge on any atom is -0.444 e. The Kier molecular flexibility index (Phi) is 6.16. The lowest BCUT2D eigenvalue weighted by atomic mass is 10.0. The van der Waals surface area contributed by atoms with E-state index in [9.17, 15) is 9.59 Å². The number of ether oxygens (including phenoxy) is 1. The van der Waals surface area contributed by atoms with Crippen LogP contribution < -0.4 is 5.32 Å². The van der Waals surface area contributed by atoms with Crippen LogP contribution in [0.1, 0.15) is 54.4 Å². The average molecular weight is 448 g/mol. The maximum atomic E-state index is 13.6. The molecule has 30 heavy (non-hydrogen) atoms. The molecular weight excluding hydrogens is 418 g/mol. The van der Waals surface area contributed by atoms with Crippen molar-refractivity contribution in [3.63, 3.8) is 0 Å². The third kappa shape index (κ3) is 4.70. The van der Waals surface area contributed by atoms with Crippen molar-refractivity contribution in [1.82, 2.24) is 14.8 Å². The van der Waals surface area contributed by atoms with Crippen molar-refractivity contribution in [3.05, 3.63) is 40.5 Å². The van der Waals surface area contributed by atoms with Gasteiger partial charge in [0.05, 0.1) is 5.56 Å². The number of likely N-dealkylation sites (tertiary alicyclic amines) is 1. The van der Waals surface area contributed by atoms with Crippen LogP contribution in [0.25, 0.3) is 5.00 Å². The second kappa shape index (κ2) is 8.67. The summed E-state index contributed by atoms with van der Waals surface area (Å²) in [6.45, 7) is 6.86. The lowest BCUT2D eigenvalue weighted by Crippen LogP contribution is -2.47. The van der Waals surface area contributed by atoms with E-state index in [1.165, 1.54) is 10.4 Å². The highest BCUT2D eigenvalue weighted by atomic mass is 32.2. The number of fused-ring (bicyclic) bond motifs is 1. The van der Waals surface area contributed by atoms with Crippen molar-refractivity contribution >= 4 is 35.1 Å². The van der Waals surface area contributed by atoms with Crippen LogP contribution in [0.5, 0.6) is 0 Å². The molecule has 4 heterocycles. The summed E-state index contributed by atoms with van der Waals surface area (Å²) in [5.74, 6) is 2.18. The Morgan fingerprint density at radius 3 is 2.53 bits per heavy atom. The summed E-state index contributed by atoms with van der Waals surface area (Å²) in [5, 5.41) is 3.98. The van der Waals surface area contributed by atoms with E-state index >= 15 is 0 Å². The molecule has 0 aromatic carbocycles. The van der Waals surface area contributed by atoms with Crippen LogP contribution >= 0.6 is 23.1 Å². The zero-order valence-electron chi connectivity index (χ0n) is 17.8. The summed E-state index contributed by atoms with van der Waals surface area (Å²) in [7, 11) is 0. The smallest absolute Gasteiger partial charge is 0.407 e. The summed E-state index contributed by atoms with van der Waals surface area (Å²) >= 11 is 3.69. The molecule has 2 aliphatic heterocycles. The molecule has 1 saturated heterocycles. The zero-order chi connectivity index (χ0) is 21.3. The molecule has 0 radical (unpaired) electrons. The van der Waals surface area contributed by atoms with Crippen LogP contribution in [0, 0.1) is 0 Å². The van der Waals surface area contributed by atoms with Crippen molar-refractivity contribution in [2.75, 3.05) is 18.8 Å². The second-order valence-electron chi connectivity index (χ2n) is 8.79. The number of hydrogen-bond donors (Lipinski definition) is 1. The third-order valence-corrected chi connectivity index (χ3v) is 7.77. The fourth-order valence-electron chi connectivity index (χ4n) is 3.95. The van der Waals surface area contributed by atoms with Crippen molar-refractivity contribution in [2.45, 2.75) is 57.4 Å². The molecule has 1 N–H and O–H groups in total. The second-order valence-corrected chi connectivity index (χ2v) is 11.0. The summed E-state index contributed by atoms with van der Waals surface area (Å²) in [6.07, 6.45) is 6.08. The van der Waals surface area contributed by atoms with Gasteiger partial charge in [0.15, 0.2) is 0 Å². The van der Waals surface area contributed by atoms with Gasteiger partial charge >= 0.3 is 6.09 Å². The average Bonchev–Trinajstić information content (AvgIpc) is 3.34. The summed E-state index contributed by atoms with van der Waals surface area (Å²) in [4.78, 5) is 28.9. The number of alkyl carbamates (subject to hydrolysis) is 1. The third-order valence-electron chi connectivity index (χ3n) is 5.36. The number of aromatic nitrogens is 1. The van der Waals surface area contributed by atoms with Crippen molar-refractivity contribution in [1.29, 1.82) is 0 Å². The number of thioether (sulfide) groups is 1. The maximum absolute atomic E-state index is 13.6. The van der Waals surface area contributed by atoms with E-state index in [1.54, 1.807) is 11.3 Å². The molecule has 6 nitrogen and oxygen atoms in total. The number of carbonyl (C=O) groups is 2. The SMILES string of the molecule is CC(C)(C)OC(=O)NC1CCN(C(=O)c2c(-n3cccc3)sc3c2CCSC3)CC1. The monoisotopic (exact) mass is 447 g/mol. The Hall–Kier alpha value is -1.93. The molecule has 8 heteroatoms. The van der Waals surface area contributed by atoms with Gasteiger partial charge in [-0.25, -0.2) is 4.79 Å². The zero-order valence-corrected chi connectivity index (χ0v) is 19.4. The first kappa shape index (κ1) is 21.3. The first-order chi connectivity index (χ1) is 14.3. The Morgan fingerprint density at radius 2 is 1.87 bits per heavy atom. The quantitative estimate of drug-likeness (QED) is 0.755. The first-order valence-electron chi connectivity index (χ1n) is 10.5. The number of carbonyl (C=O) groups excluding carboxylic acids is 2. The van der Waals surface area contributed by atoms with Gasteiger partial charge < -0.3 is 19.5 Å². The van der Waals surface area contributed by atoms with Crippen LogP contribution in [0.2, 0.25) is 0 Å². The minimum atomic E-state index is -0.508. The normalized spacial score (nSPS) is 17.5. The standard InChI is InChI=1S/C22H29N3O3S2/c1-22(2,3)28-21(27)23-15-6-11-24(12-7-15)19(26)18-16-8-13-29-14-17(16)30-20(18)25-9-4-5-10-25/h4-5,9-10,15H,6-8,11-14H2,1-3H3,(H,23,27). The Bertz CT molecular complexity index is 907. The van der Waals surface area contributed by atoms with Crippen LogP contribution in [0.3, 0.4) is 0 Å². The van der Waals surface area contributed by atoms with E-state index in [-0.39, 0.29) is 18.0 Å². The molecule has 0 bridgehead atoms. The van der Waals surface area contributed by atoms with Gasteiger partial charge in [0.1, 0.15) is 10.6 Å². The van der Waals surface area contributed by atoms with Crippen LogP contribution in [-0.2, 0) is 16.9 Å². The molecular formula is C22H29N3O3S2. The van der Waals surface area contributed by atoms with Gasteiger partial charge in [0.2, 0.25) is 0 Å². The molecule has 2 aromatic heterocycles. The van der Waals surface area contributed by atoms with Gasteiger partial charge in [-0.2, -0.15) is 11.8 Å². The molecule has 0 spiro atoms. The lowest BCUT2D eigenvalue weighted by Gasteiger charge is -2.33. The number of hydrogen-bond acceptors (Lipinski definition) is 5. The van der Waals surface area contributed by atoms with Crippen LogP contribution in [0.4, 0.5) is 4.79 Å². The van der Waals surface area contributed by atoms with Crippen LogP contribution in [-0.4, -0.2) is 52.0 Å². The molecule has 0 saturated carbocycles. The number of rotatable bonds is 3. The molecule has 4 rings (SSSR count). The Morgan fingerprint density at radius 1 is 1.17 bits per heavy atom. The topological polar surface area (TPSA) is 63.6 Å². The Labute approximate surface area is 186 Å². The Balaban J connectivity index is 1.46. The number of amides is 2. The van der Waals surface area contributed by atoms with E-state index < -0.39 is 5.60 Å². The first-order valence-corrected chi connectivity index (χ1v) is 12.4. The van der Waals surface area contributed by atoms with Crippen molar-refractivity contribution < 1.29 is 14.3 Å². The molecule has 1 fully saturated rings. The van der Waals surface area contributed by atoms with E-state index in [1.807, 2.05) is 62.0 Å². The molecule has 162 valence electrons. The molecule has 2 amide bonds.